The van der Waals surface area contributed by atoms with Crippen molar-refractivity contribution in [2.45, 2.75) is 382 Å². The van der Waals surface area contributed by atoms with Crippen LogP contribution in [0.1, 0.15) is 364 Å². The van der Waals surface area contributed by atoms with Crippen molar-refractivity contribution in [3.8, 4) is 0 Å². The second-order valence-electron chi connectivity index (χ2n) is 28.0. The Hall–Kier alpha value is -1.94. The Morgan fingerprint density at radius 1 is 0.304 bits per heavy atom. The van der Waals surface area contributed by atoms with Crippen molar-refractivity contribution >= 4 is 39.5 Å². The molecule has 546 valence electrons. The molecule has 0 aliphatic rings. The van der Waals surface area contributed by atoms with Crippen LogP contribution in [0.25, 0.3) is 0 Å². The molecule has 0 spiro atoms. The Bertz CT molecular complexity index is 1820. The van der Waals surface area contributed by atoms with Crippen LogP contribution >= 0.6 is 15.6 Å². The fourth-order valence-corrected chi connectivity index (χ4v) is 12.6. The van der Waals surface area contributed by atoms with Crippen LogP contribution in [0.3, 0.4) is 0 Å². The molecule has 3 N–H and O–H groups in total. The molecule has 0 saturated heterocycles. The van der Waals surface area contributed by atoms with E-state index in [9.17, 15) is 43.2 Å². The molecule has 0 aromatic rings. The van der Waals surface area contributed by atoms with Crippen molar-refractivity contribution in [3.05, 3.63) is 0 Å². The van der Waals surface area contributed by atoms with E-state index < -0.39 is 97.5 Å². The molecule has 0 fully saturated rings. The van der Waals surface area contributed by atoms with Crippen LogP contribution in [0, 0.1) is 23.7 Å². The summed E-state index contributed by atoms with van der Waals surface area (Å²) in [6.07, 6.45) is 45.9. The molecule has 0 aromatic carbocycles. The van der Waals surface area contributed by atoms with Crippen LogP contribution in [-0.4, -0.2) is 96.7 Å². The Morgan fingerprint density at radius 3 is 0.772 bits per heavy atom. The molecule has 0 aliphatic heterocycles. The Kier molecular flexibility index (Phi) is 61.3. The van der Waals surface area contributed by atoms with Gasteiger partial charge in [0.25, 0.3) is 0 Å². The lowest BCUT2D eigenvalue weighted by molar-refractivity contribution is -0.161. The van der Waals surface area contributed by atoms with Crippen molar-refractivity contribution in [3.63, 3.8) is 0 Å². The average Bonchev–Trinajstić information content (AvgIpc) is 3.49. The summed E-state index contributed by atoms with van der Waals surface area (Å²) in [5.74, 6) is 0.903. The van der Waals surface area contributed by atoms with Crippen molar-refractivity contribution in [2.24, 2.45) is 23.7 Å². The van der Waals surface area contributed by atoms with E-state index in [1.165, 1.54) is 161 Å². The molecule has 0 heterocycles. The Morgan fingerprint density at radius 2 is 0.522 bits per heavy atom. The van der Waals surface area contributed by atoms with Crippen molar-refractivity contribution in [1.29, 1.82) is 0 Å². The van der Waals surface area contributed by atoms with Gasteiger partial charge in [-0.2, -0.15) is 0 Å². The number of carbonyl (C=O) groups excluding carboxylic acids is 4. The summed E-state index contributed by atoms with van der Waals surface area (Å²) >= 11 is 0. The van der Waals surface area contributed by atoms with Crippen LogP contribution in [-0.2, 0) is 65.4 Å². The van der Waals surface area contributed by atoms with E-state index in [0.29, 0.717) is 31.6 Å². The average molecular weight is 1350 g/mol. The van der Waals surface area contributed by atoms with Gasteiger partial charge in [-0.15, -0.1) is 0 Å². The predicted octanol–water partition coefficient (Wildman–Crippen LogP) is 20.9. The minimum atomic E-state index is -4.95. The van der Waals surface area contributed by atoms with Gasteiger partial charge in [-0.25, -0.2) is 9.13 Å². The van der Waals surface area contributed by atoms with Crippen LogP contribution in [0.15, 0.2) is 0 Å². The molecule has 0 aliphatic carbocycles. The number of phosphoric ester groups is 2. The largest absolute Gasteiger partial charge is 0.472 e. The molecule has 4 unspecified atom stereocenters. The van der Waals surface area contributed by atoms with Crippen LogP contribution in [0.5, 0.6) is 0 Å². The van der Waals surface area contributed by atoms with Crippen LogP contribution in [0.4, 0.5) is 0 Å². The van der Waals surface area contributed by atoms with Gasteiger partial charge in [-0.3, -0.25) is 37.3 Å². The lowest BCUT2D eigenvalue weighted by Gasteiger charge is -2.21. The van der Waals surface area contributed by atoms with Crippen molar-refractivity contribution in [2.75, 3.05) is 39.6 Å². The molecule has 0 amide bonds. The summed E-state index contributed by atoms with van der Waals surface area (Å²) in [5.41, 5.74) is 0. The minimum absolute atomic E-state index is 0.105. The van der Waals surface area contributed by atoms with Gasteiger partial charge >= 0.3 is 39.5 Å². The SMILES string of the molecule is CCC(C)CCCCCCCCCCCCCCCCC(=O)O[C@H](COC(=O)CCCCCCCCCCC(C)C)COP(=O)(O)OCC(O)COP(=O)(O)OC[C@@H](COC(=O)CCCCCCCCCC(C)C)OC(=O)CCCCCCCCCCCCC(C)C. The normalized spacial score (nSPS) is 14.5. The molecule has 6 atom stereocenters. The second kappa shape index (κ2) is 62.6. The van der Waals surface area contributed by atoms with Gasteiger partial charge in [0.05, 0.1) is 26.4 Å². The number of aliphatic hydroxyl groups excluding tert-OH is 1. The monoisotopic (exact) mass is 1350 g/mol. The van der Waals surface area contributed by atoms with E-state index in [0.717, 1.165) is 114 Å². The fourth-order valence-electron chi connectivity index (χ4n) is 11.0. The lowest BCUT2D eigenvalue weighted by atomic mass is 9.99. The summed E-state index contributed by atoms with van der Waals surface area (Å²) in [5, 5.41) is 10.6. The molecule has 0 rings (SSSR count). The number of aliphatic hydroxyl groups is 1. The molecule has 0 saturated carbocycles. The van der Waals surface area contributed by atoms with Crippen molar-refractivity contribution in [1.82, 2.24) is 0 Å². The Labute approximate surface area is 562 Å². The van der Waals surface area contributed by atoms with E-state index in [2.05, 4.69) is 55.4 Å². The van der Waals surface area contributed by atoms with E-state index in [1.807, 2.05) is 0 Å². The summed E-state index contributed by atoms with van der Waals surface area (Å²) < 4.78 is 68.4. The van der Waals surface area contributed by atoms with Gasteiger partial charge in [-0.05, 0) is 49.4 Å². The van der Waals surface area contributed by atoms with Crippen molar-refractivity contribution < 1.29 is 80.2 Å². The maximum Gasteiger partial charge on any atom is 0.472 e. The van der Waals surface area contributed by atoms with Gasteiger partial charge in [0.15, 0.2) is 12.2 Å². The number of carbonyl (C=O) groups is 4. The molecule has 0 radical (unpaired) electrons. The van der Waals surface area contributed by atoms with Gasteiger partial charge in [0, 0.05) is 25.7 Å². The zero-order valence-electron chi connectivity index (χ0n) is 60.2. The summed E-state index contributed by atoms with van der Waals surface area (Å²) in [6.45, 7) is 14.1. The van der Waals surface area contributed by atoms with E-state index >= 15 is 0 Å². The maximum absolute atomic E-state index is 13.0. The topological polar surface area (TPSA) is 237 Å². The first-order valence-corrected chi connectivity index (χ1v) is 40.7. The highest BCUT2D eigenvalue weighted by Crippen LogP contribution is 2.45. The lowest BCUT2D eigenvalue weighted by Crippen LogP contribution is -2.30. The number of esters is 4. The van der Waals surface area contributed by atoms with E-state index in [4.69, 9.17) is 37.0 Å². The van der Waals surface area contributed by atoms with Gasteiger partial charge in [0.1, 0.15) is 19.3 Å². The third-order valence-corrected chi connectivity index (χ3v) is 19.1. The highest BCUT2D eigenvalue weighted by molar-refractivity contribution is 7.47. The van der Waals surface area contributed by atoms with E-state index in [1.54, 1.807) is 0 Å². The second-order valence-corrected chi connectivity index (χ2v) is 30.9. The number of ether oxygens (including phenoxy) is 4. The molecule has 0 bridgehead atoms. The zero-order chi connectivity index (χ0) is 68.2. The summed E-state index contributed by atoms with van der Waals surface area (Å²) in [4.78, 5) is 72.6. The summed E-state index contributed by atoms with van der Waals surface area (Å²) in [7, 11) is -9.91. The van der Waals surface area contributed by atoms with Gasteiger partial charge in [-0.1, -0.05) is 312 Å². The minimum Gasteiger partial charge on any atom is -0.462 e. The molecular weight excluding hydrogens is 1210 g/mol. The van der Waals surface area contributed by atoms with Crippen LogP contribution < -0.4 is 0 Å². The van der Waals surface area contributed by atoms with Gasteiger partial charge in [0.2, 0.25) is 0 Å². The predicted molar refractivity (Wildman–Crippen MR) is 372 cm³/mol. The standard InChI is InChI=1S/C73H142O17P2/c1-9-66(8)52-44-36-28-19-14-12-10-11-13-15-20-30-39-47-55-72(77)89-68(59-83-70(75)53-45-37-29-23-22-26-34-42-50-64(4)5)61-87-91(79,80)85-57-67(74)58-86-92(81,82)88-62-69(60-84-71(76)54-46-38-32-24-27-35-43-51-65(6)7)90-73(78)56-48-40-31-21-17-16-18-25-33-41-49-63(2)3/h63-69,74H,9-62H2,1-8H3,(H,79,80)(H,81,82)/t66?,67?,68-,69-/m1/s1. The van der Waals surface area contributed by atoms with E-state index in [-0.39, 0.29) is 25.7 Å². The zero-order valence-corrected chi connectivity index (χ0v) is 62.0. The number of rotatable bonds is 70. The maximum atomic E-state index is 13.0. The first-order chi connectivity index (χ1) is 44.1. The molecular formula is C73H142O17P2. The molecule has 92 heavy (non-hydrogen) atoms. The van der Waals surface area contributed by atoms with Crippen LogP contribution in [0.2, 0.25) is 0 Å². The van der Waals surface area contributed by atoms with Gasteiger partial charge < -0.3 is 33.8 Å². The number of hydrogen-bond donors (Lipinski definition) is 3. The third kappa shape index (κ3) is 65.4. The molecule has 19 heteroatoms. The first kappa shape index (κ1) is 90.1. The summed E-state index contributed by atoms with van der Waals surface area (Å²) in [6, 6.07) is 0. The molecule has 17 nitrogen and oxygen atoms in total. The molecule has 0 aromatic heterocycles. The first-order valence-electron chi connectivity index (χ1n) is 37.7. The Balaban J connectivity index is 5.24. The quantitative estimate of drug-likeness (QED) is 0.0222. The highest BCUT2D eigenvalue weighted by Gasteiger charge is 2.30. The number of unbranched alkanes of at least 4 members (excludes halogenated alkanes) is 35. The highest BCUT2D eigenvalue weighted by atomic mass is 31.2. The number of hydrogen-bond acceptors (Lipinski definition) is 15. The fraction of sp³-hybridized carbons (Fsp3) is 0.945. The third-order valence-electron chi connectivity index (χ3n) is 17.2. The smallest absolute Gasteiger partial charge is 0.462 e. The number of phosphoric acid groups is 2.